The number of hydrogen-bond acceptors (Lipinski definition) is 3. The van der Waals surface area contributed by atoms with Crippen molar-refractivity contribution in [2.45, 2.75) is 19.9 Å². The molecule has 0 aromatic heterocycles. The Morgan fingerprint density at radius 3 is 2.24 bits per heavy atom. The Labute approximate surface area is 146 Å². The molecule has 0 atom stereocenters. The van der Waals surface area contributed by atoms with Crippen LogP contribution in [0.1, 0.15) is 28.4 Å². The number of benzene rings is 2. The number of halogens is 1. The highest BCUT2D eigenvalue weighted by Crippen LogP contribution is 2.06. The van der Waals surface area contributed by atoms with E-state index < -0.39 is 0 Å². The van der Waals surface area contributed by atoms with E-state index in [4.69, 9.17) is 4.74 Å². The first-order valence-corrected chi connectivity index (χ1v) is 8.10. The summed E-state index contributed by atoms with van der Waals surface area (Å²) in [6.07, 6.45) is 0.627. The van der Waals surface area contributed by atoms with Crippen LogP contribution in [0.4, 0.5) is 9.18 Å². The molecule has 2 amide bonds. The van der Waals surface area contributed by atoms with Gasteiger partial charge in [0.2, 0.25) is 0 Å². The Bertz CT molecular complexity index is 700. The largest absolute Gasteiger partial charge is 0.462 e. The summed E-state index contributed by atoms with van der Waals surface area (Å²) in [7, 11) is 0. The van der Waals surface area contributed by atoms with Crippen LogP contribution in [-0.4, -0.2) is 25.2 Å². The summed E-state index contributed by atoms with van der Waals surface area (Å²) >= 11 is 0. The van der Waals surface area contributed by atoms with Crippen molar-refractivity contribution >= 4 is 12.0 Å². The van der Waals surface area contributed by atoms with Gasteiger partial charge in [0.05, 0.1) is 12.2 Å². The third-order valence-corrected chi connectivity index (χ3v) is 3.53. The van der Waals surface area contributed by atoms with Crippen LogP contribution in [0.25, 0.3) is 0 Å². The van der Waals surface area contributed by atoms with E-state index in [-0.39, 0.29) is 17.8 Å². The molecule has 0 unspecified atom stereocenters. The van der Waals surface area contributed by atoms with Gasteiger partial charge in [0.25, 0.3) is 0 Å². The number of ether oxygens (including phenoxy) is 1. The average Bonchev–Trinajstić information content (AvgIpc) is 2.62. The Balaban J connectivity index is 1.70. The van der Waals surface area contributed by atoms with Gasteiger partial charge in [0.15, 0.2) is 0 Å². The van der Waals surface area contributed by atoms with Crippen LogP contribution in [0.5, 0.6) is 0 Å². The topological polar surface area (TPSA) is 67.4 Å². The molecule has 2 rings (SSSR count). The maximum Gasteiger partial charge on any atom is 0.338 e. The van der Waals surface area contributed by atoms with Crippen LogP contribution in [0.3, 0.4) is 0 Å². The molecule has 0 aliphatic heterocycles. The predicted molar refractivity (Wildman–Crippen MR) is 92.7 cm³/mol. The second-order valence-corrected chi connectivity index (χ2v) is 5.40. The molecule has 0 spiro atoms. The van der Waals surface area contributed by atoms with Crippen molar-refractivity contribution in [1.82, 2.24) is 10.6 Å². The van der Waals surface area contributed by atoms with Gasteiger partial charge in [-0.25, -0.2) is 14.0 Å². The van der Waals surface area contributed by atoms with Gasteiger partial charge in [0.1, 0.15) is 5.82 Å². The van der Waals surface area contributed by atoms with Crippen LogP contribution in [0.2, 0.25) is 0 Å². The summed E-state index contributed by atoms with van der Waals surface area (Å²) in [6.45, 7) is 2.90. The minimum Gasteiger partial charge on any atom is -0.462 e. The number of urea groups is 1. The molecule has 2 aromatic rings. The lowest BCUT2D eigenvalue weighted by Gasteiger charge is -2.08. The van der Waals surface area contributed by atoms with E-state index in [0.717, 1.165) is 11.1 Å². The van der Waals surface area contributed by atoms with E-state index in [1.54, 1.807) is 43.3 Å². The molecule has 0 bridgehead atoms. The average molecular weight is 344 g/mol. The van der Waals surface area contributed by atoms with E-state index in [9.17, 15) is 14.0 Å². The van der Waals surface area contributed by atoms with Gasteiger partial charge in [-0.1, -0.05) is 24.3 Å². The molecular formula is C19H21FN2O3. The second-order valence-electron chi connectivity index (χ2n) is 5.40. The van der Waals surface area contributed by atoms with Crippen LogP contribution < -0.4 is 10.6 Å². The summed E-state index contributed by atoms with van der Waals surface area (Å²) in [5, 5.41) is 5.49. The lowest BCUT2D eigenvalue weighted by molar-refractivity contribution is 0.0526. The molecule has 6 heteroatoms. The van der Waals surface area contributed by atoms with E-state index in [0.29, 0.717) is 31.7 Å². The van der Waals surface area contributed by atoms with Gasteiger partial charge in [-0.15, -0.1) is 0 Å². The Hall–Kier alpha value is -2.89. The maximum absolute atomic E-state index is 12.8. The van der Waals surface area contributed by atoms with E-state index in [1.807, 2.05) is 0 Å². The summed E-state index contributed by atoms with van der Waals surface area (Å²) < 4.78 is 17.7. The third-order valence-electron chi connectivity index (χ3n) is 3.53. The number of esters is 1. The smallest absolute Gasteiger partial charge is 0.338 e. The highest BCUT2D eigenvalue weighted by Gasteiger charge is 2.06. The first kappa shape index (κ1) is 18.4. The first-order valence-electron chi connectivity index (χ1n) is 8.10. The van der Waals surface area contributed by atoms with Crippen molar-refractivity contribution < 1.29 is 18.7 Å². The van der Waals surface area contributed by atoms with Crippen molar-refractivity contribution in [2.24, 2.45) is 0 Å². The normalized spacial score (nSPS) is 10.2. The number of carbonyl (C=O) groups is 2. The molecule has 5 nitrogen and oxygen atoms in total. The van der Waals surface area contributed by atoms with Crippen molar-refractivity contribution in [2.75, 3.05) is 13.2 Å². The third kappa shape index (κ3) is 6.25. The monoisotopic (exact) mass is 344 g/mol. The molecule has 132 valence electrons. The van der Waals surface area contributed by atoms with E-state index >= 15 is 0 Å². The van der Waals surface area contributed by atoms with Crippen molar-refractivity contribution in [3.8, 4) is 0 Å². The molecule has 0 saturated heterocycles. The second kappa shape index (κ2) is 9.42. The van der Waals surface area contributed by atoms with Gasteiger partial charge in [-0.2, -0.15) is 0 Å². The molecular weight excluding hydrogens is 323 g/mol. The van der Waals surface area contributed by atoms with Crippen molar-refractivity contribution in [1.29, 1.82) is 0 Å². The van der Waals surface area contributed by atoms with Gasteiger partial charge >= 0.3 is 12.0 Å². The standard InChI is InChI=1S/C19H21FN2O3/c1-2-25-18(23)16-7-3-15(4-8-16)13-22-19(24)21-12-11-14-5-9-17(20)10-6-14/h3-10H,2,11-13H2,1H3,(H2,21,22,24). The quantitative estimate of drug-likeness (QED) is 0.759. The fourth-order valence-electron chi connectivity index (χ4n) is 2.19. The number of nitrogens with one attached hydrogen (secondary N) is 2. The summed E-state index contributed by atoms with van der Waals surface area (Å²) in [5.74, 6) is -0.635. The number of rotatable bonds is 7. The lowest BCUT2D eigenvalue weighted by Crippen LogP contribution is -2.36. The molecule has 0 radical (unpaired) electrons. The highest BCUT2D eigenvalue weighted by molar-refractivity contribution is 5.89. The van der Waals surface area contributed by atoms with Crippen LogP contribution in [0, 0.1) is 5.82 Å². The lowest BCUT2D eigenvalue weighted by atomic mass is 10.1. The van der Waals surface area contributed by atoms with Gasteiger partial charge in [0, 0.05) is 13.1 Å². The van der Waals surface area contributed by atoms with Crippen LogP contribution in [-0.2, 0) is 17.7 Å². The Kier molecular flexibility index (Phi) is 6.95. The molecule has 25 heavy (non-hydrogen) atoms. The molecule has 0 fully saturated rings. The zero-order valence-electron chi connectivity index (χ0n) is 14.0. The zero-order valence-corrected chi connectivity index (χ0v) is 14.0. The summed E-state index contributed by atoms with van der Waals surface area (Å²) in [4.78, 5) is 23.3. The van der Waals surface area contributed by atoms with E-state index in [2.05, 4.69) is 10.6 Å². The number of carbonyl (C=O) groups excluding carboxylic acids is 2. The number of amides is 2. The fourth-order valence-corrected chi connectivity index (χ4v) is 2.19. The van der Waals surface area contributed by atoms with E-state index in [1.165, 1.54) is 12.1 Å². The minimum atomic E-state index is -0.361. The fraction of sp³-hybridized carbons (Fsp3) is 0.263. The molecule has 0 heterocycles. The first-order chi connectivity index (χ1) is 12.1. The number of hydrogen-bond donors (Lipinski definition) is 2. The molecule has 2 aromatic carbocycles. The van der Waals surface area contributed by atoms with Crippen molar-refractivity contribution in [3.05, 3.63) is 71.0 Å². The zero-order chi connectivity index (χ0) is 18.1. The molecule has 0 aliphatic rings. The summed E-state index contributed by atoms with van der Waals surface area (Å²) in [6, 6.07) is 12.8. The Morgan fingerprint density at radius 2 is 1.60 bits per heavy atom. The van der Waals surface area contributed by atoms with Gasteiger partial charge in [-0.3, -0.25) is 0 Å². The maximum atomic E-state index is 12.8. The molecule has 0 saturated carbocycles. The molecule has 0 aliphatic carbocycles. The minimum absolute atomic E-state index is 0.275. The van der Waals surface area contributed by atoms with Crippen molar-refractivity contribution in [3.63, 3.8) is 0 Å². The molecule has 2 N–H and O–H groups in total. The van der Waals surface area contributed by atoms with Gasteiger partial charge < -0.3 is 15.4 Å². The highest BCUT2D eigenvalue weighted by atomic mass is 19.1. The summed E-state index contributed by atoms with van der Waals surface area (Å²) in [5.41, 5.74) is 2.31. The SMILES string of the molecule is CCOC(=O)c1ccc(CNC(=O)NCCc2ccc(F)cc2)cc1. The predicted octanol–water partition coefficient (Wildman–Crippen LogP) is 3.04. The Morgan fingerprint density at radius 1 is 0.960 bits per heavy atom. The van der Waals surface area contributed by atoms with Gasteiger partial charge in [-0.05, 0) is 48.7 Å². The van der Waals surface area contributed by atoms with Crippen LogP contribution >= 0.6 is 0 Å². The van der Waals surface area contributed by atoms with Crippen LogP contribution in [0.15, 0.2) is 48.5 Å².